The summed E-state index contributed by atoms with van der Waals surface area (Å²) >= 11 is 0. The Bertz CT molecular complexity index is 241. The van der Waals surface area contributed by atoms with Crippen LogP contribution in [0.15, 0.2) is 17.1 Å². The minimum absolute atomic E-state index is 0.0102. The number of rotatable bonds is 6. The van der Waals surface area contributed by atoms with Gasteiger partial charge in [0.2, 0.25) is 5.91 Å². The third kappa shape index (κ3) is 4.35. The first-order chi connectivity index (χ1) is 6.83. The summed E-state index contributed by atoms with van der Waals surface area (Å²) < 4.78 is 0. The summed E-state index contributed by atoms with van der Waals surface area (Å²) in [6.07, 6.45) is 11.7. The van der Waals surface area contributed by atoms with E-state index in [4.69, 9.17) is 0 Å². The number of carbonyl (C=O) groups excluding carboxylic acids is 1. The van der Waals surface area contributed by atoms with Gasteiger partial charge in [-0.25, -0.2) is 4.99 Å². The van der Waals surface area contributed by atoms with Crippen LogP contribution in [0, 0.1) is 0 Å². The van der Waals surface area contributed by atoms with Gasteiger partial charge in [-0.2, -0.15) is 0 Å². The SMILES string of the molecule is CCCCCCCC1=NC(=O)CC=C1. The molecule has 1 aliphatic heterocycles. The molecular weight excluding hydrogens is 174 g/mol. The number of unbranched alkanes of at least 4 members (excludes halogenated alkanes) is 4. The van der Waals surface area contributed by atoms with Gasteiger partial charge in [-0.1, -0.05) is 38.7 Å². The van der Waals surface area contributed by atoms with Gasteiger partial charge < -0.3 is 0 Å². The van der Waals surface area contributed by atoms with Crippen LogP contribution < -0.4 is 0 Å². The molecular formula is C12H19NO. The molecule has 1 heterocycles. The smallest absolute Gasteiger partial charge is 0.249 e. The van der Waals surface area contributed by atoms with Gasteiger partial charge in [-0.05, 0) is 18.9 Å². The van der Waals surface area contributed by atoms with Gasteiger partial charge in [-0.3, -0.25) is 4.79 Å². The van der Waals surface area contributed by atoms with Crippen molar-refractivity contribution in [1.29, 1.82) is 0 Å². The van der Waals surface area contributed by atoms with Crippen molar-refractivity contribution >= 4 is 11.6 Å². The molecule has 0 bridgehead atoms. The number of aliphatic imine (C=N–C) groups is 1. The lowest BCUT2D eigenvalue weighted by atomic mass is 10.1. The molecule has 1 rings (SSSR count). The Morgan fingerprint density at radius 3 is 2.79 bits per heavy atom. The zero-order valence-corrected chi connectivity index (χ0v) is 8.96. The predicted molar refractivity (Wildman–Crippen MR) is 59.6 cm³/mol. The molecule has 14 heavy (non-hydrogen) atoms. The van der Waals surface area contributed by atoms with Crippen LogP contribution in [-0.2, 0) is 4.79 Å². The van der Waals surface area contributed by atoms with E-state index in [1.165, 1.54) is 25.7 Å². The van der Waals surface area contributed by atoms with Gasteiger partial charge in [0.15, 0.2) is 0 Å². The third-order valence-electron chi connectivity index (χ3n) is 2.41. The fraction of sp³-hybridized carbons (Fsp3) is 0.667. The van der Waals surface area contributed by atoms with E-state index in [9.17, 15) is 4.79 Å². The number of amides is 1. The van der Waals surface area contributed by atoms with Crippen LogP contribution in [0.1, 0.15) is 51.9 Å². The molecule has 2 heteroatoms. The highest BCUT2D eigenvalue weighted by Crippen LogP contribution is 2.09. The van der Waals surface area contributed by atoms with E-state index in [1.54, 1.807) is 0 Å². The molecule has 78 valence electrons. The molecule has 0 aromatic rings. The van der Waals surface area contributed by atoms with Crippen molar-refractivity contribution in [2.24, 2.45) is 4.99 Å². The van der Waals surface area contributed by atoms with Crippen molar-refractivity contribution in [2.45, 2.75) is 51.9 Å². The molecule has 1 amide bonds. The number of carbonyl (C=O) groups is 1. The number of hydrogen-bond acceptors (Lipinski definition) is 1. The topological polar surface area (TPSA) is 29.4 Å². The molecule has 0 N–H and O–H groups in total. The van der Waals surface area contributed by atoms with Crippen LogP contribution >= 0.6 is 0 Å². The van der Waals surface area contributed by atoms with Crippen molar-refractivity contribution in [3.05, 3.63) is 12.2 Å². The Kier molecular flexibility index (Phi) is 5.20. The molecule has 0 fully saturated rings. The summed E-state index contributed by atoms with van der Waals surface area (Å²) in [6.45, 7) is 2.21. The third-order valence-corrected chi connectivity index (χ3v) is 2.41. The molecule has 1 aliphatic rings. The van der Waals surface area contributed by atoms with Crippen molar-refractivity contribution in [2.75, 3.05) is 0 Å². The summed E-state index contributed by atoms with van der Waals surface area (Å²) in [7, 11) is 0. The van der Waals surface area contributed by atoms with Crippen molar-refractivity contribution in [3.63, 3.8) is 0 Å². The van der Waals surface area contributed by atoms with Crippen LogP contribution in [-0.4, -0.2) is 11.6 Å². The maximum Gasteiger partial charge on any atom is 0.249 e. The monoisotopic (exact) mass is 193 g/mol. The van der Waals surface area contributed by atoms with E-state index in [2.05, 4.69) is 11.9 Å². The minimum atomic E-state index is 0.0102. The Morgan fingerprint density at radius 1 is 1.29 bits per heavy atom. The van der Waals surface area contributed by atoms with Gasteiger partial charge in [0.1, 0.15) is 0 Å². The number of nitrogens with zero attached hydrogens (tertiary/aromatic N) is 1. The van der Waals surface area contributed by atoms with Gasteiger partial charge >= 0.3 is 0 Å². The summed E-state index contributed by atoms with van der Waals surface area (Å²) in [5.41, 5.74) is 0.970. The highest BCUT2D eigenvalue weighted by Gasteiger charge is 2.04. The van der Waals surface area contributed by atoms with Crippen LogP contribution in [0.3, 0.4) is 0 Å². The average Bonchev–Trinajstić information content (AvgIpc) is 2.18. The number of hydrogen-bond donors (Lipinski definition) is 0. The Hall–Kier alpha value is -0.920. The van der Waals surface area contributed by atoms with Gasteiger partial charge in [0.05, 0.1) is 0 Å². The predicted octanol–water partition coefficient (Wildman–Crippen LogP) is 3.27. The summed E-state index contributed by atoms with van der Waals surface area (Å²) in [5, 5.41) is 0. The molecule has 0 saturated carbocycles. The summed E-state index contributed by atoms with van der Waals surface area (Å²) in [5.74, 6) is 0.0102. The Balaban J connectivity index is 2.12. The molecule has 0 aromatic carbocycles. The minimum Gasteiger partial charge on any atom is -0.272 e. The Labute approximate surface area is 86.1 Å². The molecule has 0 saturated heterocycles. The van der Waals surface area contributed by atoms with Gasteiger partial charge in [0, 0.05) is 12.1 Å². The van der Waals surface area contributed by atoms with Gasteiger partial charge in [0.25, 0.3) is 0 Å². The molecule has 0 aliphatic carbocycles. The molecule has 0 radical (unpaired) electrons. The van der Waals surface area contributed by atoms with Crippen molar-refractivity contribution < 1.29 is 4.79 Å². The van der Waals surface area contributed by atoms with Crippen LogP contribution in [0.25, 0.3) is 0 Å². The lowest BCUT2D eigenvalue weighted by molar-refractivity contribution is -0.117. The second-order valence-electron chi connectivity index (χ2n) is 3.77. The molecule has 2 nitrogen and oxygen atoms in total. The maximum absolute atomic E-state index is 11.0. The van der Waals surface area contributed by atoms with Gasteiger partial charge in [-0.15, -0.1) is 0 Å². The van der Waals surface area contributed by atoms with Crippen LogP contribution in [0.2, 0.25) is 0 Å². The van der Waals surface area contributed by atoms with E-state index in [-0.39, 0.29) is 5.91 Å². The zero-order valence-electron chi connectivity index (χ0n) is 8.96. The first-order valence-corrected chi connectivity index (χ1v) is 5.60. The second-order valence-corrected chi connectivity index (χ2v) is 3.77. The van der Waals surface area contributed by atoms with Crippen molar-refractivity contribution in [3.8, 4) is 0 Å². The number of allylic oxidation sites excluding steroid dienone is 1. The average molecular weight is 193 g/mol. The molecule has 0 unspecified atom stereocenters. The van der Waals surface area contributed by atoms with Crippen LogP contribution in [0.4, 0.5) is 0 Å². The van der Waals surface area contributed by atoms with Crippen LogP contribution in [0.5, 0.6) is 0 Å². The Morgan fingerprint density at radius 2 is 2.07 bits per heavy atom. The molecule has 0 aromatic heterocycles. The first kappa shape index (κ1) is 11.2. The second kappa shape index (κ2) is 6.52. The van der Waals surface area contributed by atoms with E-state index in [0.29, 0.717) is 6.42 Å². The summed E-state index contributed by atoms with van der Waals surface area (Å²) in [4.78, 5) is 15.0. The van der Waals surface area contributed by atoms with Crippen molar-refractivity contribution in [1.82, 2.24) is 0 Å². The van der Waals surface area contributed by atoms with E-state index in [0.717, 1.165) is 18.6 Å². The highest BCUT2D eigenvalue weighted by atomic mass is 16.1. The first-order valence-electron chi connectivity index (χ1n) is 5.60. The van der Waals surface area contributed by atoms with E-state index in [1.807, 2.05) is 12.2 Å². The quantitative estimate of drug-likeness (QED) is 0.595. The largest absolute Gasteiger partial charge is 0.272 e. The maximum atomic E-state index is 11.0. The lowest BCUT2D eigenvalue weighted by Crippen LogP contribution is -2.04. The lowest BCUT2D eigenvalue weighted by Gasteiger charge is -2.04. The molecule has 0 atom stereocenters. The number of dihydropyridines is 1. The van der Waals surface area contributed by atoms with E-state index >= 15 is 0 Å². The van der Waals surface area contributed by atoms with E-state index < -0.39 is 0 Å². The summed E-state index contributed by atoms with van der Waals surface area (Å²) in [6, 6.07) is 0. The molecule has 0 spiro atoms. The zero-order chi connectivity index (χ0) is 10.2. The standard InChI is InChI=1S/C12H19NO/c1-2-3-4-5-6-8-11-9-7-10-12(14)13-11/h7,9H,2-6,8,10H2,1H3. The fourth-order valence-electron chi connectivity index (χ4n) is 1.59. The highest BCUT2D eigenvalue weighted by molar-refractivity contribution is 6.05. The normalized spacial score (nSPS) is 15.8. The fourth-order valence-corrected chi connectivity index (χ4v) is 1.59.